The Hall–Kier alpha value is -1.57. The molecule has 0 saturated carbocycles. The highest BCUT2D eigenvalue weighted by Gasteiger charge is 2.06. The van der Waals surface area contributed by atoms with Crippen LogP contribution in [0.3, 0.4) is 0 Å². The van der Waals surface area contributed by atoms with Crippen molar-refractivity contribution in [2.45, 2.75) is 47.0 Å². The molecule has 0 heterocycles. The highest BCUT2D eigenvalue weighted by molar-refractivity contribution is 5.91. The van der Waals surface area contributed by atoms with E-state index in [4.69, 9.17) is 4.74 Å². The lowest BCUT2D eigenvalue weighted by atomic mass is 9.97. The number of allylic oxidation sites excluding steroid dienone is 1. The zero-order valence-electron chi connectivity index (χ0n) is 13.1. The predicted octanol–water partition coefficient (Wildman–Crippen LogP) is 4.63. The van der Waals surface area contributed by atoms with Crippen LogP contribution in [0.15, 0.2) is 30.3 Å². The minimum Gasteiger partial charge on any atom is -0.463 e. The Morgan fingerprint density at radius 1 is 1.20 bits per heavy atom. The van der Waals surface area contributed by atoms with Gasteiger partial charge >= 0.3 is 5.97 Å². The summed E-state index contributed by atoms with van der Waals surface area (Å²) >= 11 is 0. The van der Waals surface area contributed by atoms with E-state index in [-0.39, 0.29) is 5.97 Å². The molecule has 0 fully saturated rings. The quantitative estimate of drug-likeness (QED) is 0.535. The van der Waals surface area contributed by atoms with Crippen molar-refractivity contribution in [1.82, 2.24) is 0 Å². The minimum absolute atomic E-state index is 0.248. The first-order valence-corrected chi connectivity index (χ1v) is 7.53. The first-order chi connectivity index (χ1) is 9.56. The molecule has 2 heteroatoms. The van der Waals surface area contributed by atoms with Crippen LogP contribution in [0.1, 0.15) is 51.7 Å². The maximum atomic E-state index is 11.6. The van der Waals surface area contributed by atoms with E-state index in [1.54, 1.807) is 6.08 Å². The SMILES string of the molecule is CCCC(=CC(=O)OCC)c1ccc(CC(C)C)cc1. The predicted molar refractivity (Wildman–Crippen MR) is 84.5 cm³/mol. The summed E-state index contributed by atoms with van der Waals surface area (Å²) in [7, 11) is 0. The van der Waals surface area contributed by atoms with Gasteiger partial charge in [0.1, 0.15) is 0 Å². The van der Waals surface area contributed by atoms with Crippen LogP contribution in [-0.4, -0.2) is 12.6 Å². The van der Waals surface area contributed by atoms with Crippen LogP contribution in [0.5, 0.6) is 0 Å². The summed E-state index contributed by atoms with van der Waals surface area (Å²) in [6.07, 6.45) is 4.62. The Bertz CT molecular complexity index is 441. The third kappa shape index (κ3) is 5.60. The molecule has 0 spiro atoms. The number of esters is 1. The van der Waals surface area contributed by atoms with Crippen LogP contribution in [0.4, 0.5) is 0 Å². The minimum atomic E-state index is -0.248. The lowest BCUT2D eigenvalue weighted by Crippen LogP contribution is -2.01. The van der Waals surface area contributed by atoms with E-state index in [0.717, 1.165) is 30.4 Å². The monoisotopic (exact) mass is 274 g/mol. The molecule has 110 valence electrons. The number of hydrogen-bond donors (Lipinski definition) is 0. The molecule has 0 atom stereocenters. The van der Waals surface area contributed by atoms with E-state index in [1.807, 2.05) is 6.92 Å². The molecule has 0 saturated heterocycles. The van der Waals surface area contributed by atoms with Crippen LogP contribution in [0, 0.1) is 5.92 Å². The molecule has 0 aromatic heterocycles. The van der Waals surface area contributed by atoms with Crippen molar-refractivity contribution >= 4 is 11.5 Å². The summed E-state index contributed by atoms with van der Waals surface area (Å²) in [4.78, 5) is 11.6. The molecule has 0 amide bonds. The van der Waals surface area contributed by atoms with Gasteiger partial charge in [-0.05, 0) is 42.4 Å². The summed E-state index contributed by atoms with van der Waals surface area (Å²) in [5.41, 5.74) is 3.52. The largest absolute Gasteiger partial charge is 0.463 e. The van der Waals surface area contributed by atoms with Crippen molar-refractivity contribution in [3.05, 3.63) is 41.5 Å². The van der Waals surface area contributed by atoms with Gasteiger partial charge < -0.3 is 4.74 Å². The lowest BCUT2D eigenvalue weighted by molar-refractivity contribution is -0.137. The van der Waals surface area contributed by atoms with Crippen molar-refractivity contribution in [3.63, 3.8) is 0 Å². The molecule has 0 aliphatic heterocycles. The molecule has 1 aromatic carbocycles. The molecule has 1 rings (SSSR count). The van der Waals surface area contributed by atoms with Gasteiger partial charge in [-0.15, -0.1) is 0 Å². The number of carbonyl (C=O) groups is 1. The van der Waals surface area contributed by atoms with Crippen molar-refractivity contribution in [2.24, 2.45) is 5.92 Å². The molecular formula is C18H26O2. The molecule has 1 aromatic rings. The average molecular weight is 274 g/mol. The van der Waals surface area contributed by atoms with Gasteiger partial charge in [-0.3, -0.25) is 0 Å². The number of hydrogen-bond acceptors (Lipinski definition) is 2. The smallest absolute Gasteiger partial charge is 0.331 e. The van der Waals surface area contributed by atoms with Crippen LogP contribution < -0.4 is 0 Å². The molecule has 0 bridgehead atoms. The maximum Gasteiger partial charge on any atom is 0.331 e. The average Bonchev–Trinajstić information content (AvgIpc) is 2.39. The number of ether oxygens (including phenoxy) is 1. The summed E-state index contributed by atoms with van der Waals surface area (Å²) in [6.45, 7) is 8.80. The van der Waals surface area contributed by atoms with Gasteiger partial charge in [-0.2, -0.15) is 0 Å². The molecule has 2 nitrogen and oxygen atoms in total. The Kier molecular flexibility index (Phi) is 7.06. The third-order valence-corrected chi connectivity index (χ3v) is 3.07. The van der Waals surface area contributed by atoms with E-state index in [1.165, 1.54) is 5.56 Å². The second-order valence-electron chi connectivity index (χ2n) is 5.47. The Morgan fingerprint density at radius 2 is 1.85 bits per heavy atom. The molecular weight excluding hydrogens is 248 g/mol. The summed E-state index contributed by atoms with van der Waals surface area (Å²) < 4.78 is 5.00. The first kappa shape index (κ1) is 16.5. The van der Waals surface area contributed by atoms with Crippen molar-refractivity contribution in [2.75, 3.05) is 6.61 Å². The van der Waals surface area contributed by atoms with E-state index in [9.17, 15) is 4.79 Å². The summed E-state index contributed by atoms with van der Waals surface area (Å²) in [6, 6.07) is 8.53. The Morgan fingerprint density at radius 3 is 2.35 bits per heavy atom. The van der Waals surface area contributed by atoms with Crippen molar-refractivity contribution in [1.29, 1.82) is 0 Å². The zero-order valence-corrected chi connectivity index (χ0v) is 13.1. The Balaban J connectivity index is 2.89. The zero-order chi connectivity index (χ0) is 15.0. The van der Waals surface area contributed by atoms with Crippen LogP contribution in [-0.2, 0) is 16.0 Å². The van der Waals surface area contributed by atoms with E-state index in [0.29, 0.717) is 12.5 Å². The van der Waals surface area contributed by atoms with Crippen LogP contribution >= 0.6 is 0 Å². The van der Waals surface area contributed by atoms with Gasteiger partial charge in [0.2, 0.25) is 0 Å². The fourth-order valence-electron chi connectivity index (χ4n) is 2.22. The van der Waals surface area contributed by atoms with Gasteiger partial charge in [-0.1, -0.05) is 51.5 Å². The molecule has 0 radical (unpaired) electrons. The summed E-state index contributed by atoms with van der Waals surface area (Å²) in [5.74, 6) is 0.410. The first-order valence-electron chi connectivity index (χ1n) is 7.53. The number of benzene rings is 1. The van der Waals surface area contributed by atoms with Crippen molar-refractivity contribution in [3.8, 4) is 0 Å². The molecule has 0 unspecified atom stereocenters. The van der Waals surface area contributed by atoms with E-state index >= 15 is 0 Å². The van der Waals surface area contributed by atoms with Gasteiger partial charge in [0, 0.05) is 6.08 Å². The van der Waals surface area contributed by atoms with Crippen molar-refractivity contribution < 1.29 is 9.53 Å². The molecule has 20 heavy (non-hydrogen) atoms. The fourth-order valence-corrected chi connectivity index (χ4v) is 2.22. The highest BCUT2D eigenvalue weighted by atomic mass is 16.5. The standard InChI is InChI=1S/C18H26O2/c1-5-7-17(13-18(19)20-6-2)16-10-8-15(9-11-16)12-14(3)4/h8-11,13-14H,5-7,12H2,1-4H3. The van der Waals surface area contributed by atoms with Gasteiger partial charge in [0.15, 0.2) is 0 Å². The summed E-state index contributed by atoms with van der Waals surface area (Å²) in [5, 5.41) is 0. The molecule has 0 N–H and O–H groups in total. The molecule has 0 aliphatic rings. The third-order valence-electron chi connectivity index (χ3n) is 3.07. The van der Waals surface area contributed by atoms with Crippen LogP contribution in [0.2, 0.25) is 0 Å². The second kappa shape index (κ2) is 8.57. The van der Waals surface area contributed by atoms with Gasteiger partial charge in [-0.25, -0.2) is 4.79 Å². The lowest BCUT2D eigenvalue weighted by Gasteiger charge is -2.09. The number of rotatable bonds is 7. The Labute approximate surface area is 122 Å². The fraction of sp³-hybridized carbons (Fsp3) is 0.500. The number of carbonyl (C=O) groups excluding carboxylic acids is 1. The topological polar surface area (TPSA) is 26.3 Å². The molecule has 0 aliphatic carbocycles. The van der Waals surface area contributed by atoms with E-state index in [2.05, 4.69) is 45.0 Å². The highest BCUT2D eigenvalue weighted by Crippen LogP contribution is 2.21. The second-order valence-corrected chi connectivity index (χ2v) is 5.47. The van der Waals surface area contributed by atoms with Gasteiger partial charge in [0.25, 0.3) is 0 Å². The van der Waals surface area contributed by atoms with Gasteiger partial charge in [0.05, 0.1) is 6.61 Å². The van der Waals surface area contributed by atoms with Crippen LogP contribution in [0.25, 0.3) is 5.57 Å². The normalized spacial score (nSPS) is 11.8. The maximum absolute atomic E-state index is 11.6. The van der Waals surface area contributed by atoms with E-state index < -0.39 is 0 Å².